The number of nitrogens with one attached hydrogen (secondary N) is 3. The fraction of sp³-hybridized carbons (Fsp3) is 0.630. The van der Waals surface area contributed by atoms with Crippen LogP contribution in [0, 0.1) is 0 Å². The standard InChI is InChI=1S/C27H43N3O8/c1-25(2,3)36-18-13-11-17(12-14-18)15-19(29-23(33)37-26(4,5)6)21(31)28-16-20(22(32)35-10)30-24(34)38-27(7,8)9/h11-14,19-20H,15-16H2,1-10H3,(H,28,31)(H,29,33)(H,30,34)/t19-,20-/m0/s1. The summed E-state index contributed by atoms with van der Waals surface area (Å²) in [6.45, 7) is 15.7. The van der Waals surface area contributed by atoms with Crippen molar-refractivity contribution in [2.45, 2.75) is 97.6 Å². The Morgan fingerprint density at radius 3 is 1.63 bits per heavy atom. The van der Waals surface area contributed by atoms with Crippen LogP contribution in [0.3, 0.4) is 0 Å². The molecule has 3 N–H and O–H groups in total. The van der Waals surface area contributed by atoms with Gasteiger partial charge in [-0.3, -0.25) is 4.79 Å². The van der Waals surface area contributed by atoms with E-state index in [1.165, 1.54) is 0 Å². The molecule has 1 aromatic rings. The van der Waals surface area contributed by atoms with E-state index in [1.54, 1.807) is 65.8 Å². The van der Waals surface area contributed by atoms with Gasteiger partial charge in [-0.2, -0.15) is 0 Å². The fourth-order valence-electron chi connectivity index (χ4n) is 3.05. The molecule has 1 aromatic carbocycles. The third-order valence-corrected chi connectivity index (χ3v) is 4.45. The Bertz CT molecular complexity index is 957. The largest absolute Gasteiger partial charge is 0.488 e. The van der Waals surface area contributed by atoms with E-state index in [0.29, 0.717) is 5.75 Å². The highest BCUT2D eigenvalue weighted by molar-refractivity contribution is 5.87. The molecule has 0 aromatic heterocycles. The molecule has 0 bridgehead atoms. The molecular formula is C27H43N3O8. The Morgan fingerprint density at radius 1 is 0.737 bits per heavy atom. The second kappa shape index (κ2) is 13.3. The topological polar surface area (TPSA) is 141 Å². The van der Waals surface area contributed by atoms with Crippen LogP contribution < -0.4 is 20.7 Å². The van der Waals surface area contributed by atoms with Crippen LogP contribution in [0.2, 0.25) is 0 Å². The van der Waals surface area contributed by atoms with Crippen molar-refractivity contribution < 1.29 is 38.1 Å². The van der Waals surface area contributed by atoms with E-state index in [4.69, 9.17) is 18.9 Å². The van der Waals surface area contributed by atoms with Crippen LogP contribution in [0.5, 0.6) is 5.75 Å². The van der Waals surface area contributed by atoms with E-state index in [9.17, 15) is 19.2 Å². The number of benzene rings is 1. The van der Waals surface area contributed by atoms with Gasteiger partial charge >= 0.3 is 18.2 Å². The van der Waals surface area contributed by atoms with E-state index in [1.807, 2.05) is 20.8 Å². The third kappa shape index (κ3) is 13.7. The van der Waals surface area contributed by atoms with Gasteiger partial charge in [-0.05, 0) is 80.0 Å². The lowest BCUT2D eigenvalue weighted by molar-refractivity contribution is -0.143. The average Bonchev–Trinajstić information content (AvgIpc) is 2.73. The van der Waals surface area contributed by atoms with Crippen LogP contribution in [0.4, 0.5) is 9.59 Å². The molecule has 214 valence electrons. The van der Waals surface area contributed by atoms with Gasteiger partial charge in [0.1, 0.15) is 34.6 Å². The molecule has 0 aliphatic carbocycles. The lowest BCUT2D eigenvalue weighted by atomic mass is 10.0. The van der Waals surface area contributed by atoms with Crippen molar-refractivity contribution in [3.63, 3.8) is 0 Å². The molecule has 0 aliphatic heterocycles. The number of amides is 3. The molecule has 0 spiro atoms. The highest BCUT2D eigenvalue weighted by atomic mass is 16.6. The smallest absolute Gasteiger partial charge is 0.408 e. The Kier molecular flexibility index (Phi) is 11.4. The molecule has 0 saturated carbocycles. The van der Waals surface area contributed by atoms with Gasteiger partial charge in [-0.15, -0.1) is 0 Å². The maximum absolute atomic E-state index is 13.1. The summed E-state index contributed by atoms with van der Waals surface area (Å²) in [5, 5.41) is 7.56. The Morgan fingerprint density at radius 2 is 1.21 bits per heavy atom. The number of methoxy groups -OCH3 is 1. The van der Waals surface area contributed by atoms with E-state index < -0.39 is 47.3 Å². The van der Waals surface area contributed by atoms with E-state index in [-0.39, 0.29) is 18.6 Å². The van der Waals surface area contributed by atoms with Crippen molar-refractivity contribution in [1.29, 1.82) is 0 Å². The van der Waals surface area contributed by atoms with Crippen molar-refractivity contribution in [3.8, 4) is 5.75 Å². The molecule has 1 rings (SSSR count). The van der Waals surface area contributed by atoms with Crippen molar-refractivity contribution >= 4 is 24.1 Å². The van der Waals surface area contributed by atoms with E-state index in [0.717, 1.165) is 12.7 Å². The summed E-state index contributed by atoms with van der Waals surface area (Å²) in [7, 11) is 1.16. The minimum absolute atomic E-state index is 0.128. The SMILES string of the molecule is COC(=O)[C@H](CNC(=O)[C@H](Cc1ccc(OC(C)(C)C)cc1)NC(=O)OC(C)(C)C)NC(=O)OC(C)(C)C. The Labute approximate surface area is 225 Å². The van der Waals surface area contributed by atoms with Crippen LogP contribution >= 0.6 is 0 Å². The van der Waals surface area contributed by atoms with Gasteiger partial charge in [-0.1, -0.05) is 12.1 Å². The van der Waals surface area contributed by atoms with Crippen molar-refractivity contribution in [3.05, 3.63) is 29.8 Å². The molecule has 2 atom stereocenters. The second-order valence-electron chi connectivity index (χ2n) is 11.7. The number of carbonyl (C=O) groups is 4. The quantitative estimate of drug-likeness (QED) is 0.321. The number of hydrogen-bond donors (Lipinski definition) is 3. The zero-order chi connectivity index (χ0) is 29.3. The number of alkyl carbamates (subject to hydrolysis) is 2. The van der Waals surface area contributed by atoms with Crippen molar-refractivity contribution in [2.24, 2.45) is 0 Å². The number of hydrogen-bond acceptors (Lipinski definition) is 8. The molecule has 0 unspecified atom stereocenters. The van der Waals surface area contributed by atoms with Crippen LogP contribution in [-0.4, -0.2) is 66.6 Å². The molecular weight excluding hydrogens is 494 g/mol. The maximum atomic E-state index is 13.1. The number of carbonyl (C=O) groups excluding carboxylic acids is 4. The average molecular weight is 538 g/mol. The minimum Gasteiger partial charge on any atom is -0.488 e. The van der Waals surface area contributed by atoms with Gasteiger partial charge in [0.25, 0.3) is 0 Å². The van der Waals surface area contributed by atoms with E-state index >= 15 is 0 Å². The van der Waals surface area contributed by atoms with E-state index in [2.05, 4.69) is 16.0 Å². The summed E-state index contributed by atoms with van der Waals surface area (Å²) >= 11 is 0. The van der Waals surface area contributed by atoms with Gasteiger partial charge in [0.05, 0.1) is 7.11 Å². The fourth-order valence-corrected chi connectivity index (χ4v) is 3.05. The summed E-state index contributed by atoms with van der Waals surface area (Å²) in [5.41, 5.74) is -1.18. The first-order valence-electron chi connectivity index (χ1n) is 12.4. The van der Waals surface area contributed by atoms with Crippen LogP contribution in [0.15, 0.2) is 24.3 Å². The second-order valence-corrected chi connectivity index (χ2v) is 11.7. The molecule has 11 heteroatoms. The van der Waals surface area contributed by atoms with Gasteiger partial charge in [0.2, 0.25) is 5.91 Å². The highest BCUT2D eigenvalue weighted by Gasteiger charge is 2.29. The first-order chi connectivity index (χ1) is 17.3. The first kappa shape index (κ1) is 32.5. The normalized spacial score (nSPS) is 13.4. The number of esters is 1. The lowest BCUT2D eigenvalue weighted by Crippen LogP contribution is -2.54. The number of rotatable bonds is 9. The summed E-state index contributed by atoms with van der Waals surface area (Å²) < 4.78 is 21.1. The predicted molar refractivity (Wildman–Crippen MR) is 142 cm³/mol. The Balaban J connectivity index is 3.02. The first-order valence-corrected chi connectivity index (χ1v) is 12.4. The lowest BCUT2D eigenvalue weighted by Gasteiger charge is -2.25. The molecule has 11 nitrogen and oxygen atoms in total. The third-order valence-electron chi connectivity index (χ3n) is 4.45. The summed E-state index contributed by atoms with van der Waals surface area (Å²) in [6.07, 6.45) is -1.49. The molecule has 0 radical (unpaired) electrons. The predicted octanol–water partition coefficient (Wildman–Crippen LogP) is 3.48. The molecule has 0 heterocycles. The zero-order valence-electron chi connectivity index (χ0n) is 24.1. The summed E-state index contributed by atoms with van der Waals surface area (Å²) in [6, 6.07) is 4.88. The van der Waals surface area contributed by atoms with Gasteiger partial charge in [0, 0.05) is 13.0 Å². The minimum atomic E-state index is -1.21. The molecule has 0 saturated heterocycles. The van der Waals surface area contributed by atoms with Gasteiger partial charge < -0.3 is 34.9 Å². The molecule has 3 amide bonds. The highest BCUT2D eigenvalue weighted by Crippen LogP contribution is 2.19. The van der Waals surface area contributed by atoms with Crippen molar-refractivity contribution in [1.82, 2.24) is 16.0 Å². The Hall–Kier alpha value is -3.50. The van der Waals surface area contributed by atoms with Crippen molar-refractivity contribution in [2.75, 3.05) is 13.7 Å². The summed E-state index contributed by atoms with van der Waals surface area (Å²) in [4.78, 5) is 50.0. The molecule has 38 heavy (non-hydrogen) atoms. The van der Waals surface area contributed by atoms with Crippen LogP contribution in [0.25, 0.3) is 0 Å². The van der Waals surface area contributed by atoms with Crippen LogP contribution in [-0.2, 0) is 30.2 Å². The monoisotopic (exact) mass is 537 g/mol. The summed E-state index contributed by atoms with van der Waals surface area (Å²) in [5.74, 6) is -0.704. The molecule has 0 aliphatic rings. The van der Waals surface area contributed by atoms with Gasteiger partial charge in [0.15, 0.2) is 0 Å². The number of ether oxygens (including phenoxy) is 4. The van der Waals surface area contributed by atoms with Gasteiger partial charge in [-0.25, -0.2) is 14.4 Å². The zero-order valence-corrected chi connectivity index (χ0v) is 24.1. The maximum Gasteiger partial charge on any atom is 0.408 e. The van der Waals surface area contributed by atoms with Crippen LogP contribution in [0.1, 0.15) is 67.9 Å². The molecule has 0 fully saturated rings.